The minimum Gasteiger partial charge on any atom is -0.453 e. The highest BCUT2D eigenvalue weighted by atomic mass is 79.9. The first-order chi connectivity index (χ1) is 7.74. The van der Waals surface area contributed by atoms with Crippen molar-refractivity contribution in [2.45, 2.75) is 19.4 Å². The zero-order valence-corrected chi connectivity index (χ0v) is 11.3. The Kier molecular flexibility index (Phi) is 4.44. The topological polar surface area (TPSA) is 28.4 Å². The molecule has 0 saturated carbocycles. The summed E-state index contributed by atoms with van der Waals surface area (Å²) in [6.45, 7) is 4.38. The smallest absolute Gasteiger partial charge is 0.169 e. The lowest BCUT2D eigenvalue weighted by Gasteiger charge is -2.29. The molecule has 0 spiro atoms. The van der Waals surface area contributed by atoms with Crippen LogP contribution in [0.3, 0.4) is 0 Å². The van der Waals surface area contributed by atoms with Crippen molar-refractivity contribution in [3.05, 3.63) is 22.6 Å². The quantitative estimate of drug-likeness (QED) is 0.922. The van der Waals surface area contributed by atoms with Crippen LogP contribution < -0.4 is 5.32 Å². The standard InChI is InChI=1S/C12H19BrN2O/c1-15-6-2-3-10(9-15)7-14-8-11-4-5-12(13)16-11/h4-5,10,14H,2-3,6-9H2,1H3. The molecule has 90 valence electrons. The van der Waals surface area contributed by atoms with Crippen LogP contribution in [0.5, 0.6) is 0 Å². The van der Waals surface area contributed by atoms with Gasteiger partial charge in [-0.05, 0) is 67.0 Å². The second-order valence-corrected chi connectivity index (χ2v) is 5.39. The molecular formula is C12H19BrN2O. The van der Waals surface area contributed by atoms with E-state index < -0.39 is 0 Å². The molecule has 1 aromatic heterocycles. The van der Waals surface area contributed by atoms with Crippen molar-refractivity contribution < 1.29 is 4.42 Å². The van der Waals surface area contributed by atoms with Crippen LogP contribution in [0.2, 0.25) is 0 Å². The molecule has 2 heterocycles. The fourth-order valence-corrected chi connectivity index (χ4v) is 2.63. The van der Waals surface area contributed by atoms with Gasteiger partial charge >= 0.3 is 0 Å². The van der Waals surface area contributed by atoms with Gasteiger partial charge in [0.25, 0.3) is 0 Å². The summed E-state index contributed by atoms with van der Waals surface area (Å²) in [5.74, 6) is 1.79. The van der Waals surface area contributed by atoms with Gasteiger partial charge in [-0.2, -0.15) is 0 Å². The van der Waals surface area contributed by atoms with E-state index in [1.54, 1.807) is 0 Å². The van der Waals surface area contributed by atoms with E-state index in [4.69, 9.17) is 4.42 Å². The van der Waals surface area contributed by atoms with E-state index in [2.05, 4.69) is 33.2 Å². The molecule has 1 unspecified atom stereocenters. The molecule has 1 aromatic rings. The molecule has 3 nitrogen and oxygen atoms in total. The molecule has 0 amide bonds. The van der Waals surface area contributed by atoms with Crippen LogP contribution in [0.25, 0.3) is 0 Å². The SMILES string of the molecule is CN1CCCC(CNCc2ccc(Br)o2)C1. The molecule has 1 atom stereocenters. The van der Waals surface area contributed by atoms with E-state index >= 15 is 0 Å². The van der Waals surface area contributed by atoms with Crippen molar-refractivity contribution >= 4 is 15.9 Å². The number of hydrogen-bond acceptors (Lipinski definition) is 3. The molecule has 0 radical (unpaired) electrons. The number of halogens is 1. The number of furan rings is 1. The second kappa shape index (κ2) is 5.84. The van der Waals surface area contributed by atoms with Gasteiger partial charge in [0.15, 0.2) is 4.67 Å². The number of hydrogen-bond donors (Lipinski definition) is 1. The Bertz CT molecular complexity index is 327. The van der Waals surface area contributed by atoms with E-state index in [9.17, 15) is 0 Å². The highest BCUT2D eigenvalue weighted by Crippen LogP contribution is 2.15. The van der Waals surface area contributed by atoms with E-state index in [1.807, 2.05) is 12.1 Å². The summed E-state index contributed by atoms with van der Waals surface area (Å²) in [6, 6.07) is 3.94. The van der Waals surface area contributed by atoms with Gasteiger partial charge in [0, 0.05) is 6.54 Å². The van der Waals surface area contributed by atoms with Crippen molar-refractivity contribution in [3.8, 4) is 0 Å². The first-order valence-electron chi connectivity index (χ1n) is 5.87. The monoisotopic (exact) mass is 286 g/mol. The average Bonchev–Trinajstić information content (AvgIpc) is 2.64. The maximum Gasteiger partial charge on any atom is 0.169 e. The summed E-state index contributed by atoms with van der Waals surface area (Å²) in [7, 11) is 2.20. The molecule has 1 N–H and O–H groups in total. The third-order valence-corrected chi connectivity index (χ3v) is 3.51. The van der Waals surface area contributed by atoms with Gasteiger partial charge < -0.3 is 14.6 Å². The van der Waals surface area contributed by atoms with E-state index in [0.29, 0.717) is 0 Å². The highest BCUT2D eigenvalue weighted by molar-refractivity contribution is 9.10. The van der Waals surface area contributed by atoms with Crippen LogP contribution in [0.4, 0.5) is 0 Å². The fraction of sp³-hybridized carbons (Fsp3) is 0.667. The number of piperidine rings is 1. The Balaban J connectivity index is 1.67. The lowest BCUT2D eigenvalue weighted by Crippen LogP contribution is -2.37. The molecule has 1 aliphatic heterocycles. The first-order valence-corrected chi connectivity index (χ1v) is 6.67. The summed E-state index contributed by atoms with van der Waals surface area (Å²) in [4.78, 5) is 2.42. The molecule has 0 aliphatic carbocycles. The summed E-state index contributed by atoms with van der Waals surface area (Å²) in [5.41, 5.74) is 0. The third-order valence-electron chi connectivity index (χ3n) is 3.08. The Morgan fingerprint density at radius 1 is 1.56 bits per heavy atom. The molecule has 1 saturated heterocycles. The van der Waals surface area contributed by atoms with E-state index in [1.165, 1.54) is 25.9 Å². The van der Waals surface area contributed by atoms with Gasteiger partial charge in [0.1, 0.15) is 5.76 Å². The van der Waals surface area contributed by atoms with Crippen LogP contribution >= 0.6 is 15.9 Å². The Morgan fingerprint density at radius 2 is 2.44 bits per heavy atom. The number of likely N-dealkylation sites (tertiary alicyclic amines) is 1. The molecule has 2 rings (SSSR count). The summed E-state index contributed by atoms with van der Waals surface area (Å²) >= 11 is 3.31. The largest absolute Gasteiger partial charge is 0.453 e. The lowest BCUT2D eigenvalue weighted by molar-refractivity contribution is 0.205. The van der Waals surface area contributed by atoms with Gasteiger partial charge in [0.05, 0.1) is 6.54 Å². The van der Waals surface area contributed by atoms with Crippen LogP contribution in [-0.2, 0) is 6.54 Å². The normalized spacial score (nSPS) is 22.5. The maximum absolute atomic E-state index is 5.44. The third kappa shape index (κ3) is 3.61. The first kappa shape index (κ1) is 12.1. The minimum atomic E-state index is 0.789. The minimum absolute atomic E-state index is 0.789. The number of nitrogens with zero attached hydrogens (tertiary/aromatic N) is 1. The zero-order chi connectivity index (χ0) is 11.4. The predicted molar refractivity (Wildman–Crippen MR) is 68.3 cm³/mol. The van der Waals surface area contributed by atoms with Gasteiger partial charge in [-0.25, -0.2) is 0 Å². The molecule has 4 heteroatoms. The maximum atomic E-state index is 5.44. The zero-order valence-electron chi connectivity index (χ0n) is 9.71. The number of nitrogens with one attached hydrogen (secondary N) is 1. The lowest BCUT2D eigenvalue weighted by atomic mass is 9.98. The highest BCUT2D eigenvalue weighted by Gasteiger charge is 2.16. The van der Waals surface area contributed by atoms with Gasteiger partial charge in [-0.1, -0.05) is 0 Å². The predicted octanol–water partition coefficient (Wildman–Crippen LogP) is 2.47. The van der Waals surface area contributed by atoms with Crippen LogP contribution in [0, 0.1) is 5.92 Å². The molecular weight excluding hydrogens is 268 g/mol. The Labute approximate surface area is 105 Å². The molecule has 0 aromatic carbocycles. The van der Waals surface area contributed by atoms with Crippen molar-refractivity contribution in [1.82, 2.24) is 10.2 Å². The second-order valence-electron chi connectivity index (χ2n) is 4.61. The Hall–Kier alpha value is -0.320. The fourth-order valence-electron chi connectivity index (χ4n) is 2.29. The molecule has 0 bridgehead atoms. The van der Waals surface area contributed by atoms with Crippen molar-refractivity contribution in [2.24, 2.45) is 5.92 Å². The van der Waals surface area contributed by atoms with Crippen LogP contribution in [-0.4, -0.2) is 31.6 Å². The summed E-state index contributed by atoms with van der Waals surface area (Å²) in [5, 5.41) is 3.46. The van der Waals surface area contributed by atoms with Crippen LogP contribution in [0.15, 0.2) is 21.2 Å². The van der Waals surface area contributed by atoms with Gasteiger partial charge in [-0.15, -0.1) is 0 Å². The van der Waals surface area contributed by atoms with E-state index in [0.717, 1.165) is 29.4 Å². The molecule has 16 heavy (non-hydrogen) atoms. The average molecular weight is 287 g/mol. The summed E-state index contributed by atoms with van der Waals surface area (Å²) in [6.07, 6.45) is 2.67. The van der Waals surface area contributed by atoms with Gasteiger partial charge in [-0.3, -0.25) is 0 Å². The van der Waals surface area contributed by atoms with Crippen molar-refractivity contribution in [2.75, 3.05) is 26.7 Å². The van der Waals surface area contributed by atoms with Crippen molar-refractivity contribution in [3.63, 3.8) is 0 Å². The van der Waals surface area contributed by atoms with Crippen molar-refractivity contribution in [1.29, 1.82) is 0 Å². The van der Waals surface area contributed by atoms with Crippen LogP contribution in [0.1, 0.15) is 18.6 Å². The molecule has 1 fully saturated rings. The Morgan fingerprint density at radius 3 is 3.12 bits per heavy atom. The molecule has 1 aliphatic rings. The van der Waals surface area contributed by atoms with E-state index in [-0.39, 0.29) is 0 Å². The summed E-state index contributed by atoms with van der Waals surface area (Å²) < 4.78 is 6.24. The number of rotatable bonds is 4. The van der Waals surface area contributed by atoms with Gasteiger partial charge in [0.2, 0.25) is 0 Å².